The van der Waals surface area contributed by atoms with E-state index in [0.717, 1.165) is 27.1 Å². The molecule has 21 heavy (non-hydrogen) atoms. The second-order valence-electron chi connectivity index (χ2n) is 4.99. The van der Waals surface area contributed by atoms with Crippen molar-refractivity contribution in [2.45, 2.75) is 18.6 Å². The molecule has 0 aliphatic carbocycles. The van der Waals surface area contributed by atoms with Crippen LogP contribution >= 0.6 is 27.5 Å². The van der Waals surface area contributed by atoms with Crippen molar-refractivity contribution in [3.05, 3.63) is 57.0 Å². The number of rotatable bonds is 2. The van der Waals surface area contributed by atoms with Crippen molar-refractivity contribution in [2.75, 3.05) is 7.11 Å². The van der Waals surface area contributed by atoms with Gasteiger partial charge in [-0.15, -0.1) is 0 Å². The van der Waals surface area contributed by atoms with Crippen LogP contribution in [0.4, 0.5) is 0 Å². The number of fused-ring (bicyclic) bond motifs is 1. The number of methoxy groups -OCH3 is 1. The van der Waals surface area contributed by atoms with Gasteiger partial charge in [-0.05, 0) is 30.3 Å². The van der Waals surface area contributed by atoms with Gasteiger partial charge in [0.25, 0.3) is 0 Å². The van der Waals surface area contributed by atoms with E-state index in [4.69, 9.17) is 26.8 Å². The molecule has 1 aliphatic rings. The normalized spacial score (nSPS) is 20.6. The van der Waals surface area contributed by atoms with Gasteiger partial charge >= 0.3 is 0 Å². The van der Waals surface area contributed by atoms with Crippen LogP contribution in [0.15, 0.2) is 40.9 Å². The van der Waals surface area contributed by atoms with Crippen LogP contribution in [-0.2, 0) is 0 Å². The number of ether oxygens (including phenoxy) is 2. The molecule has 1 unspecified atom stereocenters. The lowest BCUT2D eigenvalue weighted by atomic mass is 9.93. The zero-order chi connectivity index (χ0) is 15.0. The van der Waals surface area contributed by atoms with Crippen LogP contribution in [0.5, 0.6) is 11.5 Å². The van der Waals surface area contributed by atoms with E-state index in [9.17, 15) is 0 Å². The molecule has 2 N–H and O–H groups in total. The third-order valence-electron chi connectivity index (χ3n) is 3.66. The Kier molecular flexibility index (Phi) is 4.11. The first kappa shape index (κ1) is 14.7. The Morgan fingerprint density at radius 2 is 2.14 bits per heavy atom. The number of benzene rings is 2. The molecule has 0 saturated carbocycles. The highest BCUT2D eigenvalue weighted by molar-refractivity contribution is 9.10. The highest BCUT2D eigenvalue weighted by atomic mass is 79.9. The Labute approximate surface area is 137 Å². The molecule has 3 rings (SSSR count). The summed E-state index contributed by atoms with van der Waals surface area (Å²) in [5.41, 5.74) is 8.16. The summed E-state index contributed by atoms with van der Waals surface area (Å²) in [6.07, 6.45) is 0.445. The SMILES string of the molecule is COc1cccc(Cl)c1C1C[C@@H](N)c2cc(Br)ccc2O1. The lowest BCUT2D eigenvalue weighted by Gasteiger charge is -2.31. The fourth-order valence-corrected chi connectivity index (χ4v) is 3.33. The molecule has 2 aromatic carbocycles. The van der Waals surface area contributed by atoms with E-state index in [1.165, 1.54) is 0 Å². The first-order chi connectivity index (χ1) is 10.1. The summed E-state index contributed by atoms with van der Waals surface area (Å²) in [6, 6.07) is 11.3. The van der Waals surface area contributed by atoms with Gasteiger partial charge in [0, 0.05) is 22.5 Å². The molecular weight excluding hydrogens is 354 g/mol. The minimum atomic E-state index is -0.211. The van der Waals surface area contributed by atoms with Crippen LogP contribution in [0.2, 0.25) is 5.02 Å². The Bertz CT molecular complexity index is 677. The smallest absolute Gasteiger partial charge is 0.131 e. The molecule has 3 nitrogen and oxygen atoms in total. The maximum Gasteiger partial charge on any atom is 0.131 e. The first-order valence-corrected chi connectivity index (χ1v) is 7.81. The maximum atomic E-state index is 6.33. The highest BCUT2D eigenvalue weighted by Gasteiger charge is 2.30. The van der Waals surface area contributed by atoms with Crippen molar-refractivity contribution in [3.8, 4) is 11.5 Å². The molecule has 0 amide bonds. The highest BCUT2D eigenvalue weighted by Crippen LogP contribution is 2.44. The zero-order valence-electron chi connectivity index (χ0n) is 11.5. The average Bonchev–Trinajstić information content (AvgIpc) is 2.47. The quantitative estimate of drug-likeness (QED) is 0.840. The number of halogens is 2. The molecule has 2 atom stereocenters. The lowest BCUT2D eigenvalue weighted by Crippen LogP contribution is -2.24. The van der Waals surface area contributed by atoms with Gasteiger partial charge in [-0.2, -0.15) is 0 Å². The molecule has 1 heterocycles. The maximum absolute atomic E-state index is 6.33. The predicted molar refractivity (Wildman–Crippen MR) is 87.1 cm³/mol. The van der Waals surface area contributed by atoms with Crippen molar-refractivity contribution in [1.29, 1.82) is 0 Å². The number of hydrogen-bond acceptors (Lipinski definition) is 3. The third kappa shape index (κ3) is 2.76. The van der Waals surface area contributed by atoms with Crippen LogP contribution in [0, 0.1) is 0 Å². The molecule has 1 aliphatic heterocycles. The molecular formula is C16H15BrClNO2. The summed E-state index contributed by atoms with van der Waals surface area (Å²) in [6.45, 7) is 0. The summed E-state index contributed by atoms with van der Waals surface area (Å²) in [5, 5.41) is 0.632. The summed E-state index contributed by atoms with van der Waals surface area (Å²) < 4.78 is 12.5. The van der Waals surface area contributed by atoms with Crippen LogP contribution in [0.25, 0.3) is 0 Å². The zero-order valence-corrected chi connectivity index (χ0v) is 13.8. The van der Waals surface area contributed by atoms with Gasteiger partial charge in [-0.25, -0.2) is 0 Å². The molecule has 5 heteroatoms. The van der Waals surface area contributed by atoms with Crippen molar-refractivity contribution in [2.24, 2.45) is 5.73 Å². The van der Waals surface area contributed by atoms with E-state index >= 15 is 0 Å². The van der Waals surface area contributed by atoms with E-state index in [2.05, 4.69) is 15.9 Å². The summed E-state index contributed by atoms with van der Waals surface area (Å²) in [5.74, 6) is 1.52. The standard InChI is InChI=1S/C16H15BrClNO2/c1-20-14-4-2-3-11(18)16(14)15-8-12(19)10-7-9(17)5-6-13(10)21-15/h2-7,12,15H,8,19H2,1H3/t12-,15?/m1/s1. The molecule has 0 fully saturated rings. The fraction of sp³-hybridized carbons (Fsp3) is 0.250. The van der Waals surface area contributed by atoms with E-state index in [0.29, 0.717) is 11.4 Å². The fourth-order valence-electron chi connectivity index (χ4n) is 2.66. The van der Waals surface area contributed by atoms with E-state index in [1.807, 2.05) is 36.4 Å². The molecule has 2 aromatic rings. The first-order valence-electron chi connectivity index (χ1n) is 6.64. The molecule has 0 saturated heterocycles. The van der Waals surface area contributed by atoms with Crippen LogP contribution in [-0.4, -0.2) is 7.11 Å². The second-order valence-corrected chi connectivity index (χ2v) is 6.31. The lowest BCUT2D eigenvalue weighted by molar-refractivity contribution is 0.158. The van der Waals surface area contributed by atoms with Gasteiger partial charge in [-0.3, -0.25) is 0 Å². The largest absolute Gasteiger partial charge is 0.496 e. The number of nitrogens with two attached hydrogens (primary N) is 1. The van der Waals surface area contributed by atoms with Gasteiger partial charge in [0.05, 0.1) is 17.7 Å². The summed E-state index contributed by atoms with van der Waals surface area (Å²) in [7, 11) is 1.63. The van der Waals surface area contributed by atoms with Crippen LogP contribution < -0.4 is 15.2 Å². The summed E-state index contributed by atoms with van der Waals surface area (Å²) in [4.78, 5) is 0. The molecule has 0 aromatic heterocycles. The Hall–Kier alpha value is -1.23. The van der Waals surface area contributed by atoms with Gasteiger partial charge in [0.2, 0.25) is 0 Å². The minimum absolute atomic E-state index is 0.0998. The summed E-state index contributed by atoms with van der Waals surface area (Å²) >= 11 is 9.79. The predicted octanol–water partition coefficient (Wildman–Crippen LogP) is 4.63. The van der Waals surface area contributed by atoms with Gasteiger partial charge in [-0.1, -0.05) is 33.6 Å². The van der Waals surface area contributed by atoms with Gasteiger partial charge in [0.15, 0.2) is 0 Å². The number of hydrogen-bond donors (Lipinski definition) is 1. The van der Waals surface area contributed by atoms with Crippen molar-refractivity contribution < 1.29 is 9.47 Å². The van der Waals surface area contributed by atoms with Crippen molar-refractivity contribution in [3.63, 3.8) is 0 Å². The van der Waals surface area contributed by atoms with Gasteiger partial charge in [0.1, 0.15) is 17.6 Å². The minimum Gasteiger partial charge on any atom is -0.496 e. The molecule has 110 valence electrons. The van der Waals surface area contributed by atoms with E-state index in [-0.39, 0.29) is 12.1 Å². The van der Waals surface area contributed by atoms with Crippen LogP contribution in [0.3, 0.4) is 0 Å². The van der Waals surface area contributed by atoms with Crippen LogP contribution in [0.1, 0.15) is 29.7 Å². The second kappa shape index (κ2) is 5.87. The molecule has 0 bridgehead atoms. The van der Waals surface area contributed by atoms with E-state index < -0.39 is 0 Å². The Morgan fingerprint density at radius 1 is 1.33 bits per heavy atom. The third-order valence-corrected chi connectivity index (χ3v) is 4.49. The van der Waals surface area contributed by atoms with Gasteiger partial charge < -0.3 is 15.2 Å². The molecule has 0 radical (unpaired) electrons. The monoisotopic (exact) mass is 367 g/mol. The Balaban J connectivity index is 2.02. The Morgan fingerprint density at radius 3 is 2.90 bits per heavy atom. The van der Waals surface area contributed by atoms with Crippen molar-refractivity contribution >= 4 is 27.5 Å². The van der Waals surface area contributed by atoms with Crippen molar-refractivity contribution in [1.82, 2.24) is 0 Å². The average molecular weight is 369 g/mol. The molecule has 0 spiro atoms. The topological polar surface area (TPSA) is 44.5 Å². The van der Waals surface area contributed by atoms with E-state index in [1.54, 1.807) is 7.11 Å².